The van der Waals surface area contributed by atoms with Gasteiger partial charge in [-0.1, -0.05) is 33.3 Å². The van der Waals surface area contributed by atoms with E-state index in [1.54, 1.807) is 24.9 Å². The third-order valence-corrected chi connectivity index (χ3v) is 6.27. The first-order valence-electron chi connectivity index (χ1n) is 9.21. The number of fused-ring (bicyclic) bond motifs is 1. The highest BCUT2D eigenvalue weighted by Gasteiger charge is 2.22. The van der Waals surface area contributed by atoms with Gasteiger partial charge in [0.25, 0.3) is 5.56 Å². The van der Waals surface area contributed by atoms with Crippen LogP contribution in [0.5, 0.6) is 0 Å². The fourth-order valence-electron chi connectivity index (χ4n) is 2.94. The molecule has 7 nitrogen and oxygen atoms in total. The molecule has 0 bridgehead atoms. The van der Waals surface area contributed by atoms with Crippen LogP contribution in [0.1, 0.15) is 17.0 Å². The zero-order valence-electron chi connectivity index (χ0n) is 16.4. The molecule has 4 aromatic rings. The van der Waals surface area contributed by atoms with E-state index in [1.165, 1.54) is 22.2 Å². The molecule has 3 aromatic heterocycles. The number of nitrogens with zero attached hydrogens (tertiary/aromatic N) is 5. The third kappa shape index (κ3) is 4.17. The standard InChI is InChI=1S/C21H18BrN5O2S/c1-13-14(2)24-12-26(20(13)29)11-19(28)27(10-16-5-3-4-8-23-16)21-25-17-7-6-15(22)9-18(17)30-21/h3-9,12H,10-11H2,1-2H3. The van der Waals surface area contributed by atoms with Crippen molar-refractivity contribution in [3.8, 4) is 0 Å². The smallest absolute Gasteiger partial charge is 0.256 e. The van der Waals surface area contributed by atoms with Crippen molar-refractivity contribution in [2.24, 2.45) is 0 Å². The largest absolute Gasteiger partial charge is 0.289 e. The number of halogens is 1. The van der Waals surface area contributed by atoms with Gasteiger partial charge in [0.1, 0.15) is 6.54 Å². The Labute approximate surface area is 185 Å². The van der Waals surface area contributed by atoms with Crippen LogP contribution in [0.3, 0.4) is 0 Å². The fourth-order valence-corrected chi connectivity index (χ4v) is 4.47. The molecule has 9 heteroatoms. The maximum absolute atomic E-state index is 13.3. The van der Waals surface area contributed by atoms with Gasteiger partial charge in [0, 0.05) is 21.9 Å². The summed E-state index contributed by atoms with van der Waals surface area (Å²) in [6, 6.07) is 11.3. The first kappa shape index (κ1) is 20.4. The molecule has 3 heterocycles. The average molecular weight is 484 g/mol. The van der Waals surface area contributed by atoms with E-state index < -0.39 is 0 Å². The number of pyridine rings is 1. The van der Waals surface area contributed by atoms with E-state index in [4.69, 9.17) is 0 Å². The number of hydrogen-bond acceptors (Lipinski definition) is 6. The normalized spacial score (nSPS) is 11.0. The maximum atomic E-state index is 13.3. The van der Waals surface area contributed by atoms with Crippen LogP contribution >= 0.6 is 27.3 Å². The number of hydrogen-bond donors (Lipinski definition) is 0. The minimum absolute atomic E-state index is 0.126. The van der Waals surface area contributed by atoms with Gasteiger partial charge in [0.15, 0.2) is 5.13 Å². The van der Waals surface area contributed by atoms with Crippen molar-refractivity contribution < 1.29 is 4.79 Å². The Bertz CT molecular complexity index is 1290. The van der Waals surface area contributed by atoms with Crippen LogP contribution in [0.4, 0.5) is 5.13 Å². The molecule has 1 aromatic carbocycles. The monoisotopic (exact) mass is 483 g/mol. The Kier molecular flexibility index (Phi) is 5.74. The summed E-state index contributed by atoms with van der Waals surface area (Å²) in [6.07, 6.45) is 3.10. The van der Waals surface area contributed by atoms with Crippen LogP contribution < -0.4 is 10.5 Å². The Morgan fingerprint density at radius 3 is 2.80 bits per heavy atom. The Hall–Kier alpha value is -2.91. The Morgan fingerprint density at radius 2 is 2.03 bits per heavy atom. The molecule has 30 heavy (non-hydrogen) atoms. The van der Waals surface area contributed by atoms with E-state index in [9.17, 15) is 9.59 Å². The van der Waals surface area contributed by atoms with Gasteiger partial charge in [-0.05, 0) is 44.2 Å². The van der Waals surface area contributed by atoms with Crippen LogP contribution in [0, 0.1) is 13.8 Å². The number of carbonyl (C=O) groups excluding carboxylic acids is 1. The van der Waals surface area contributed by atoms with Crippen molar-refractivity contribution in [3.63, 3.8) is 0 Å². The first-order chi connectivity index (χ1) is 14.4. The highest BCUT2D eigenvalue weighted by molar-refractivity contribution is 9.10. The van der Waals surface area contributed by atoms with E-state index in [-0.39, 0.29) is 24.6 Å². The Balaban J connectivity index is 1.71. The second kappa shape index (κ2) is 8.45. The predicted molar refractivity (Wildman–Crippen MR) is 121 cm³/mol. The van der Waals surface area contributed by atoms with Gasteiger partial charge < -0.3 is 0 Å². The third-order valence-electron chi connectivity index (χ3n) is 4.74. The molecule has 0 aliphatic rings. The van der Waals surface area contributed by atoms with Crippen molar-refractivity contribution >= 4 is 48.5 Å². The number of rotatable bonds is 5. The highest BCUT2D eigenvalue weighted by atomic mass is 79.9. The number of benzene rings is 1. The van der Waals surface area contributed by atoms with Crippen molar-refractivity contribution in [1.82, 2.24) is 19.5 Å². The molecule has 0 saturated heterocycles. The van der Waals surface area contributed by atoms with Gasteiger partial charge in [-0.2, -0.15) is 0 Å². The van der Waals surface area contributed by atoms with Crippen LogP contribution in [0.25, 0.3) is 10.2 Å². The van der Waals surface area contributed by atoms with Crippen molar-refractivity contribution in [2.75, 3.05) is 4.90 Å². The summed E-state index contributed by atoms with van der Waals surface area (Å²) >= 11 is 4.89. The molecule has 0 unspecified atom stereocenters. The second-order valence-corrected chi connectivity index (χ2v) is 8.72. The molecular weight excluding hydrogens is 466 g/mol. The minimum Gasteiger partial charge on any atom is -0.289 e. The SMILES string of the molecule is Cc1ncn(CC(=O)N(Cc2ccccn2)c2nc3ccc(Br)cc3s2)c(=O)c1C. The zero-order chi connectivity index (χ0) is 21.3. The summed E-state index contributed by atoms with van der Waals surface area (Å²) in [5.41, 5.74) is 2.51. The van der Waals surface area contributed by atoms with Gasteiger partial charge in [-0.25, -0.2) is 9.97 Å². The fraction of sp³-hybridized carbons (Fsp3) is 0.190. The van der Waals surface area contributed by atoms with Gasteiger partial charge in [-0.15, -0.1) is 0 Å². The average Bonchev–Trinajstić information content (AvgIpc) is 3.16. The maximum Gasteiger partial charge on any atom is 0.256 e. The number of carbonyl (C=O) groups is 1. The van der Waals surface area contributed by atoms with E-state index in [0.29, 0.717) is 16.4 Å². The van der Waals surface area contributed by atoms with Gasteiger partial charge in [0.05, 0.1) is 28.8 Å². The van der Waals surface area contributed by atoms with Crippen molar-refractivity contribution in [3.05, 3.63) is 80.7 Å². The molecule has 0 aliphatic heterocycles. The topological polar surface area (TPSA) is 81.0 Å². The summed E-state index contributed by atoms with van der Waals surface area (Å²) in [7, 11) is 0. The van der Waals surface area contributed by atoms with E-state index in [2.05, 4.69) is 30.9 Å². The first-order valence-corrected chi connectivity index (χ1v) is 10.8. The molecule has 0 N–H and O–H groups in total. The predicted octanol–water partition coefficient (Wildman–Crippen LogP) is 3.86. The number of amides is 1. The summed E-state index contributed by atoms with van der Waals surface area (Å²) in [5.74, 6) is -0.258. The molecule has 1 amide bonds. The zero-order valence-corrected chi connectivity index (χ0v) is 18.8. The van der Waals surface area contributed by atoms with Crippen LogP contribution in [0.2, 0.25) is 0 Å². The molecule has 0 fully saturated rings. The van der Waals surface area contributed by atoms with Crippen LogP contribution in [0.15, 0.2) is 58.2 Å². The highest BCUT2D eigenvalue weighted by Crippen LogP contribution is 2.31. The lowest BCUT2D eigenvalue weighted by atomic mass is 10.3. The quantitative estimate of drug-likeness (QED) is 0.430. The van der Waals surface area contributed by atoms with Crippen LogP contribution in [-0.2, 0) is 17.9 Å². The summed E-state index contributed by atoms with van der Waals surface area (Å²) in [4.78, 5) is 40.6. The molecule has 0 atom stereocenters. The molecule has 0 radical (unpaired) electrons. The van der Waals surface area contributed by atoms with E-state index in [0.717, 1.165) is 20.4 Å². The lowest BCUT2D eigenvalue weighted by Gasteiger charge is -2.20. The van der Waals surface area contributed by atoms with Crippen LogP contribution in [-0.4, -0.2) is 25.4 Å². The Morgan fingerprint density at radius 1 is 1.20 bits per heavy atom. The van der Waals surface area contributed by atoms with Gasteiger partial charge >= 0.3 is 0 Å². The number of aryl methyl sites for hydroxylation is 1. The summed E-state index contributed by atoms with van der Waals surface area (Å²) in [6.45, 7) is 3.62. The number of thiazole rings is 1. The van der Waals surface area contributed by atoms with E-state index in [1.807, 2.05) is 36.4 Å². The molecule has 4 rings (SSSR count). The molecule has 152 valence electrons. The second-order valence-electron chi connectivity index (χ2n) is 6.80. The van der Waals surface area contributed by atoms with Crippen molar-refractivity contribution in [1.29, 1.82) is 0 Å². The number of aromatic nitrogens is 4. The van der Waals surface area contributed by atoms with Gasteiger partial charge in [-0.3, -0.25) is 24.0 Å². The summed E-state index contributed by atoms with van der Waals surface area (Å²) < 4.78 is 3.24. The minimum atomic E-state index is -0.258. The molecular formula is C21H18BrN5O2S. The number of anilines is 1. The molecule has 0 aliphatic carbocycles. The van der Waals surface area contributed by atoms with Gasteiger partial charge in [0.2, 0.25) is 5.91 Å². The van der Waals surface area contributed by atoms with Crippen molar-refractivity contribution in [2.45, 2.75) is 26.9 Å². The molecule has 0 spiro atoms. The lowest BCUT2D eigenvalue weighted by molar-refractivity contribution is -0.119. The lowest BCUT2D eigenvalue weighted by Crippen LogP contribution is -2.37. The summed E-state index contributed by atoms with van der Waals surface area (Å²) in [5, 5.41) is 0.559. The van der Waals surface area contributed by atoms with E-state index >= 15 is 0 Å². The molecule has 0 saturated carbocycles.